The van der Waals surface area contributed by atoms with Gasteiger partial charge < -0.3 is 19.9 Å². The molecule has 0 atom stereocenters. The lowest BCUT2D eigenvalue weighted by Crippen LogP contribution is -2.34. The molecule has 2 N–H and O–H groups in total. The number of rotatable bonds is 8. The van der Waals surface area contributed by atoms with E-state index in [1.54, 1.807) is 12.0 Å². The Morgan fingerprint density at radius 1 is 1.03 bits per heavy atom. The van der Waals surface area contributed by atoms with Crippen molar-refractivity contribution in [2.75, 3.05) is 13.7 Å². The Morgan fingerprint density at radius 2 is 1.70 bits per heavy atom. The van der Waals surface area contributed by atoms with E-state index in [1.807, 2.05) is 79.1 Å². The predicted octanol–water partition coefficient (Wildman–Crippen LogP) is 3.62. The highest BCUT2D eigenvalue weighted by Crippen LogP contribution is 2.24. The number of methoxy groups -OCH3 is 1. The molecular formula is C24H27N3O3. The molecule has 30 heavy (non-hydrogen) atoms. The first kappa shape index (κ1) is 21.2. The van der Waals surface area contributed by atoms with Crippen LogP contribution in [0.1, 0.15) is 33.7 Å². The molecule has 0 radical (unpaired) electrons. The summed E-state index contributed by atoms with van der Waals surface area (Å²) in [6.45, 7) is 4.59. The van der Waals surface area contributed by atoms with Gasteiger partial charge in [0.25, 0.3) is 5.91 Å². The minimum atomic E-state index is -0.426. The Hall–Kier alpha value is -3.54. The zero-order valence-electron chi connectivity index (χ0n) is 17.6. The number of nitrogens with zero attached hydrogens (tertiary/aromatic N) is 2. The third-order valence-corrected chi connectivity index (χ3v) is 5.12. The molecule has 0 aliphatic heterocycles. The molecule has 156 valence electrons. The number of aryl methyl sites for hydroxylation is 1. The Bertz CT molecular complexity index is 1020. The predicted molar refractivity (Wildman–Crippen MR) is 117 cm³/mol. The van der Waals surface area contributed by atoms with Crippen LogP contribution >= 0.6 is 0 Å². The monoisotopic (exact) mass is 405 g/mol. The van der Waals surface area contributed by atoms with Crippen LogP contribution in [0.3, 0.4) is 0 Å². The summed E-state index contributed by atoms with van der Waals surface area (Å²) in [5, 5.41) is 0. The van der Waals surface area contributed by atoms with E-state index in [0.717, 1.165) is 28.4 Å². The fourth-order valence-electron chi connectivity index (χ4n) is 3.58. The second-order valence-corrected chi connectivity index (χ2v) is 7.25. The summed E-state index contributed by atoms with van der Waals surface area (Å²) in [5.41, 5.74) is 9.71. The Kier molecular flexibility index (Phi) is 6.57. The molecule has 0 fully saturated rings. The third-order valence-electron chi connectivity index (χ3n) is 5.12. The average Bonchev–Trinajstić information content (AvgIpc) is 3.05. The Morgan fingerprint density at radius 3 is 2.30 bits per heavy atom. The molecule has 0 saturated carbocycles. The van der Waals surface area contributed by atoms with Crippen molar-refractivity contribution in [2.45, 2.75) is 26.8 Å². The lowest BCUT2D eigenvalue weighted by atomic mass is 10.1. The number of amides is 2. The van der Waals surface area contributed by atoms with Crippen molar-refractivity contribution in [3.05, 3.63) is 83.2 Å². The van der Waals surface area contributed by atoms with E-state index < -0.39 is 5.91 Å². The third kappa shape index (κ3) is 4.71. The molecule has 6 nitrogen and oxygen atoms in total. The minimum Gasteiger partial charge on any atom is -0.497 e. The molecule has 0 unspecified atom stereocenters. The first-order valence-corrected chi connectivity index (χ1v) is 9.85. The van der Waals surface area contributed by atoms with Crippen molar-refractivity contribution >= 4 is 11.8 Å². The molecule has 6 heteroatoms. The number of aromatic nitrogens is 1. The van der Waals surface area contributed by atoms with Crippen molar-refractivity contribution in [1.29, 1.82) is 0 Å². The van der Waals surface area contributed by atoms with E-state index in [-0.39, 0.29) is 18.9 Å². The summed E-state index contributed by atoms with van der Waals surface area (Å²) in [4.78, 5) is 26.4. The topological polar surface area (TPSA) is 77.6 Å². The number of benzene rings is 2. The summed E-state index contributed by atoms with van der Waals surface area (Å²) in [6.07, 6.45) is 0.121. The molecule has 0 spiro atoms. The number of carbonyl (C=O) groups is 2. The number of primary amides is 1. The van der Waals surface area contributed by atoms with Gasteiger partial charge in [-0.2, -0.15) is 0 Å². The van der Waals surface area contributed by atoms with Crippen molar-refractivity contribution in [3.63, 3.8) is 0 Å². The second kappa shape index (κ2) is 9.31. The SMILES string of the molecule is COc1ccc(-n2c(C)cc(C(=O)N(CCC(N)=O)Cc3ccccc3)c2C)cc1. The van der Waals surface area contributed by atoms with Crippen LogP contribution in [0.5, 0.6) is 5.75 Å². The van der Waals surface area contributed by atoms with E-state index in [0.29, 0.717) is 12.1 Å². The number of ether oxygens (including phenoxy) is 1. The van der Waals surface area contributed by atoms with Gasteiger partial charge in [0.1, 0.15) is 5.75 Å². The van der Waals surface area contributed by atoms with Crippen LogP contribution in [0.4, 0.5) is 0 Å². The van der Waals surface area contributed by atoms with Crippen molar-refractivity contribution in [3.8, 4) is 11.4 Å². The molecule has 0 aliphatic rings. The summed E-state index contributed by atoms with van der Waals surface area (Å²) >= 11 is 0. The van der Waals surface area contributed by atoms with Gasteiger partial charge in [-0.15, -0.1) is 0 Å². The fourth-order valence-corrected chi connectivity index (χ4v) is 3.58. The Balaban J connectivity index is 1.92. The van der Waals surface area contributed by atoms with E-state index in [4.69, 9.17) is 10.5 Å². The van der Waals surface area contributed by atoms with Crippen LogP contribution in [0, 0.1) is 13.8 Å². The molecule has 2 amide bonds. The fraction of sp³-hybridized carbons (Fsp3) is 0.250. The van der Waals surface area contributed by atoms with Gasteiger partial charge in [0, 0.05) is 36.6 Å². The van der Waals surface area contributed by atoms with Gasteiger partial charge in [-0.25, -0.2) is 0 Å². The number of hydrogen-bond donors (Lipinski definition) is 1. The van der Waals surface area contributed by atoms with E-state index >= 15 is 0 Å². The first-order valence-electron chi connectivity index (χ1n) is 9.85. The van der Waals surface area contributed by atoms with Crippen molar-refractivity contribution < 1.29 is 14.3 Å². The van der Waals surface area contributed by atoms with E-state index in [2.05, 4.69) is 0 Å². The molecular weight excluding hydrogens is 378 g/mol. The summed E-state index contributed by atoms with van der Waals surface area (Å²) < 4.78 is 7.28. The van der Waals surface area contributed by atoms with Crippen LogP contribution in [-0.4, -0.2) is 34.9 Å². The summed E-state index contributed by atoms with van der Waals surface area (Å²) in [6, 6.07) is 19.3. The lowest BCUT2D eigenvalue weighted by molar-refractivity contribution is -0.118. The zero-order valence-corrected chi connectivity index (χ0v) is 17.6. The van der Waals surface area contributed by atoms with Gasteiger partial charge in [0.05, 0.1) is 12.7 Å². The molecule has 0 saturated heterocycles. The minimum absolute atomic E-state index is 0.118. The second-order valence-electron chi connectivity index (χ2n) is 7.25. The van der Waals surface area contributed by atoms with Crippen LogP contribution in [-0.2, 0) is 11.3 Å². The van der Waals surface area contributed by atoms with E-state index in [9.17, 15) is 9.59 Å². The maximum atomic E-state index is 13.4. The maximum absolute atomic E-state index is 13.4. The highest BCUT2D eigenvalue weighted by molar-refractivity contribution is 5.96. The van der Waals surface area contributed by atoms with Gasteiger partial charge >= 0.3 is 0 Å². The zero-order chi connectivity index (χ0) is 21.7. The van der Waals surface area contributed by atoms with Crippen molar-refractivity contribution in [2.24, 2.45) is 5.73 Å². The summed E-state index contributed by atoms with van der Waals surface area (Å²) in [7, 11) is 1.63. The van der Waals surface area contributed by atoms with E-state index in [1.165, 1.54) is 0 Å². The summed E-state index contributed by atoms with van der Waals surface area (Å²) in [5.74, 6) is 0.232. The highest BCUT2D eigenvalue weighted by Gasteiger charge is 2.22. The molecule has 0 aliphatic carbocycles. The van der Waals surface area contributed by atoms with Gasteiger partial charge in [-0.1, -0.05) is 30.3 Å². The Labute approximate surface area is 176 Å². The molecule has 2 aromatic carbocycles. The number of carbonyl (C=O) groups excluding carboxylic acids is 2. The van der Waals surface area contributed by atoms with Gasteiger partial charge in [0.2, 0.25) is 5.91 Å². The van der Waals surface area contributed by atoms with Gasteiger partial charge in [0.15, 0.2) is 0 Å². The highest BCUT2D eigenvalue weighted by atomic mass is 16.5. The van der Waals surface area contributed by atoms with Crippen LogP contribution < -0.4 is 10.5 Å². The number of nitrogens with two attached hydrogens (primary N) is 1. The van der Waals surface area contributed by atoms with Crippen LogP contribution in [0.15, 0.2) is 60.7 Å². The van der Waals surface area contributed by atoms with Crippen LogP contribution in [0.2, 0.25) is 0 Å². The number of hydrogen-bond acceptors (Lipinski definition) is 3. The normalized spacial score (nSPS) is 10.6. The standard InChI is InChI=1S/C24H27N3O3/c1-17-15-22(18(2)27(17)20-9-11-21(30-3)12-10-20)24(29)26(14-13-23(25)28)16-19-7-5-4-6-8-19/h4-12,15H,13-14,16H2,1-3H3,(H2,25,28). The molecule has 3 rings (SSSR count). The quantitative estimate of drug-likeness (QED) is 0.622. The smallest absolute Gasteiger partial charge is 0.256 e. The van der Waals surface area contributed by atoms with Gasteiger partial charge in [-0.3, -0.25) is 9.59 Å². The molecule has 3 aromatic rings. The maximum Gasteiger partial charge on any atom is 0.256 e. The molecule has 0 bridgehead atoms. The largest absolute Gasteiger partial charge is 0.497 e. The van der Waals surface area contributed by atoms with Crippen LogP contribution in [0.25, 0.3) is 5.69 Å². The van der Waals surface area contributed by atoms with Gasteiger partial charge in [-0.05, 0) is 49.7 Å². The lowest BCUT2D eigenvalue weighted by Gasteiger charge is -2.22. The average molecular weight is 405 g/mol. The molecule has 1 heterocycles. The first-order chi connectivity index (χ1) is 14.4. The van der Waals surface area contributed by atoms with Crippen molar-refractivity contribution in [1.82, 2.24) is 9.47 Å². The molecule has 1 aromatic heterocycles.